The fourth-order valence-corrected chi connectivity index (χ4v) is 3.65. The molecule has 0 radical (unpaired) electrons. The molecule has 14 heteroatoms. The number of hydrogen-bond acceptors (Lipinski definition) is 6. The number of alkyl halides is 5. The summed E-state index contributed by atoms with van der Waals surface area (Å²) in [5.74, 6) is -3.50. The van der Waals surface area contributed by atoms with Crippen LogP contribution in [0.5, 0.6) is 0 Å². The zero-order valence-corrected chi connectivity index (χ0v) is 22.9. The summed E-state index contributed by atoms with van der Waals surface area (Å²) >= 11 is 0. The van der Waals surface area contributed by atoms with E-state index in [2.05, 4.69) is 25.7 Å². The molecule has 9 nitrogen and oxygen atoms in total. The Morgan fingerprint density at radius 2 is 1.71 bits per heavy atom. The molecule has 3 aromatic rings. The first kappa shape index (κ1) is 32.4. The van der Waals surface area contributed by atoms with Gasteiger partial charge in [-0.1, -0.05) is 25.7 Å². The number of hydrogen-bond donors (Lipinski definition) is 2. The molecule has 2 amide bonds. The molecule has 3 heterocycles. The number of pyridine rings is 1. The molecule has 0 spiro atoms. The second-order valence-electron chi connectivity index (χ2n) is 9.99. The summed E-state index contributed by atoms with van der Waals surface area (Å²) in [5.41, 5.74) is 1.92. The van der Waals surface area contributed by atoms with Crippen LogP contribution in [0.2, 0.25) is 0 Å². The predicted octanol–water partition coefficient (Wildman–Crippen LogP) is 5.64. The van der Waals surface area contributed by atoms with E-state index in [1.807, 2.05) is 6.07 Å². The molecule has 2 aliphatic rings. The predicted molar refractivity (Wildman–Crippen MR) is 142 cm³/mol. The van der Waals surface area contributed by atoms with E-state index >= 15 is 0 Å². The first-order valence-corrected chi connectivity index (χ1v) is 13.6. The van der Waals surface area contributed by atoms with Crippen LogP contribution in [-0.4, -0.2) is 43.5 Å². The highest BCUT2D eigenvalue weighted by molar-refractivity contribution is 5.92. The summed E-state index contributed by atoms with van der Waals surface area (Å²) in [5, 5.41) is 18.1. The summed E-state index contributed by atoms with van der Waals surface area (Å²) in [6, 6.07) is 6.41. The Morgan fingerprint density at radius 3 is 2.31 bits per heavy atom. The largest absolute Gasteiger partial charge is 0.389 e. The van der Waals surface area contributed by atoms with Crippen molar-refractivity contribution in [3.8, 4) is 6.07 Å². The first-order valence-electron chi connectivity index (χ1n) is 13.6. The van der Waals surface area contributed by atoms with Crippen LogP contribution >= 0.6 is 0 Å². The third kappa shape index (κ3) is 12.2. The van der Waals surface area contributed by atoms with Gasteiger partial charge >= 0.3 is 6.18 Å². The van der Waals surface area contributed by atoms with Gasteiger partial charge in [-0.15, -0.1) is 0 Å². The second kappa shape index (κ2) is 15.2. The highest BCUT2D eigenvalue weighted by Crippen LogP contribution is 2.32. The van der Waals surface area contributed by atoms with Crippen LogP contribution in [0.15, 0.2) is 36.8 Å². The van der Waals surface area contributed by atoms with Gasteiger partial charge in [0.2, 0.25) is 11.8 Å². The minimum atomic E-state index is -4.38. The van der Waals surface area contributed by atoms with E-state index in [1.165, 1.54) is 48.3 Å². The zero-order chi connectivity index (χ0) is 30.6. The van der Waals surface area contributed by atoms with Gasteiger partial charge in [-0.25, -0.2) is 18.3 Å². The quantitative estimate of drug-likeness (QED) is 0.342. The van der Waals surface area contributed by atoms with Crippen LogP contribution < -0.4 is 10.6 Å². The van der Waals surface area contributed by atoms with Crippen molar-refractivity contribution in [3.05, 3.63) is 59.3 Å². The van der Waals surface area contributed by atoms with Gasteiger partial charge in [0.05, 0.1) is 42.7 Å². The molecule has 2 fully saturated rings. The van der Waals surface area contributed by atoms with Crippen LogP contribution in [0, 0.1) is 11.3 Å². The lowest BCUT2D eigenvalue weighted by Gasteiger charge is -2.20. The lowest BCUT2D eigenvalue weighted by molar-refractivity contribution is -0.144. The number of carbonyl (C=O) groups is 2. The second-order valence-corrected chi connectivity index (χ2v) is 9.99. The van der Waals surface area contributed by atoms with Crippen LogP contribution in [0.3, 0.4) is 0 Å². The number of rotatable bonds is 7. The molecular formula is C28H32F5N7O2. The fourth-order valence-electron chi connectivity index (χ4n) is 3.65. The molecule has 2 saturated carbocycles. The van der Waals surface area contributed by atoms with Crippen molar-refractivity contribution in [2.75, 3.05) is 0 Å². The van der Waals surface area contributed by atoms with E-state index in [-0.39, 0.29) is 31.6 Å². The van der Waals surface area contributed by atoms with Crippen molar-refractivity contribution in [1.29, 1.82) is 5.26 Å². The number of fused-ring (bicyclic) bond motifs is 1. The van der Waals surface area contributed by atoms with Crippen LogP contribution in [0.1, 0.15) is 91.5 Å². The summed E-state index contributed by atoms with van der Waals surface area (Å²) in [7, 11) is 0. The Morgan fingerprint density at radius 1 is 1.02 bits per heavy atom. The van der Waals surface area contributed by atoms with E-state index in [9.17, 15) is 31.5 Å². The van der Waals surface area contributed by atoms with Crippen molar-refractivity contribution < 1.29 is 31.5 Å². The molecular weight excluding hydrogens is 561 g/mol. The number of carbonyl (C=O) groups excluding carboxylic acids is 2. The summed E-state index contributed by atoms with van der Waals surface area (Å²) in [6.45, 7) is 0.101. The molecule has 2 N–H and O–H groups in total. The molecule has 0 bridgehead atoms. The fraction of sp³-hybridized carbons (Fsp3) is 0.500. The van der Waals surface area contributed by atoms with E-state index in [0.717, 1.165) is 6.42 Å². The molecule has 0 atom stereocenters. The van der Waals surface area contributed by atoms with Gasteiger partial charge in [0.15, 0.2) is 5.65 Å². The molecule has 0 aromatic carbocycles. The third-order valence-corrected chi connectivity index (χ3v) is 6.04. The van der Waals surface area contributed by atoms with Crippen LogP contribution in [0.4, 0.5) is 22.0 Å². The molecule has 226 valence electrons. The number of nitriles is 1. The Balaban J connectivity index is 0.000000364. The highest BCUT2D eigenvalue weighted by Gasteiger charge is 2.30. The van der Waals surface area contributed by atoms with E-state index in [0.29, 0.717) is 35.3 Å². The normalized spacial score (nSPS) is 15.2. The number of imidazole rings is 1. The molecule has 3 aromatic heterocycles. The maximum absolute atomic E-state index is 12.2. The molecule has 42 heavy (non-hydrogen) atoms. The van der Waals surface area contributed by atoms with E-state index in [4.69, 9.17) is 5.26 Å². The van der Waals surface area contributed by atoms with Crippen molar-refractivity contribution in [2.24, 2.45) is 0 Å². The van der Waals surface area contributed by atoms with Crippen molar-refractivity contribution >= 4 is 17.5 Å². The van der Waals surface area contributed by atoms with Gasteiger partial charge in [0.25, 0.3) is 5.91 Å². The summed E-state index contributed by atoms with van der Waals surface area (Å²) in [4.78, 5) is 31.9. The monoisotopic (exact) mass is 593 g/mol. The highest BCUT2D eigenvalue weighted by atomic mass is 19.4. The first-order chi connectivity index (χ1) is 19.9. The standard InChI is InChI=1S/C19H16F3N7O2.C6H10F2.C3H6/c20-19(21,22)3-1-17(30)25-8-13-6-16-28-14(11-29(16)27-9-13)10-26-18(31)15-5-12(7-23)2-4-24-15;7-6(8)4-2-1-3-5-6;1-2-3-1/h2,4-6,9,11H,1,3,8,10H2,(H,25,30)(H,26,31);1-5H2;1-3H2. The molecule has 0 unspecified atom stereocenters. The minimum absolute atomic E-state index is 0.0139. The zero-order valence-electron chi connectivity index (χ0n) is 22.9. The average molecular weight is 594 g/mol. The van der Waals surface area contributed by atoms with Gasteiger partial charge in [-0.05, 0) is 36.6 Å². The topological polar surface area (TPSA) is 125 Å². The Kier molecular flexibility index (Phi) is 11.7. The number of amides is 2. The van der Waals surface area contributed by atoms with E-state index in [1.54, 1.807) is 12.3 Å². The summed E-state index contributed by atoms with van der Waals surface area (Å²) in [6.07, 6.45) is 5.38. The van der Waals surface area contributed by atoms with Crippen LogP contribution in [0.25, 0.3) is 5.65 Å². The summed E-state index contributed by atoms with van der Waals surface area (Å²) < 4.78 is 62.3. The van der Waals surface area contributed by atoms with E-state index < -0.39 is 36.8 Å². The Bertz CT molecular complexity index is 1370. The SMILES string of the molecule is C1CC1.FC1(F)CCCCC1.N#Cc1ccnc(C(=O)NCc2cn3ncc(CNC(=O)CCC(F)(F)F)cc3n2)c1. The van der Waals surface area contributed by atoms with Crippen molar-refractivity contribution in [2.45, 2.75) is 89.4 Å². The van der Waals surface area contributed by atoms with Gasteiger partial charge in [-0.2, -0.15) is 23.5 Å². The maximum Gasteiger partial charge on any atom is 0.389 e. The van der Waals surface area contributed by atoms with Gasteiger partial charge < -0.3 is 10.6 Å². The van der Waals surface area contributed by atoms with Crippen LogP contribution in [-0.2, 0) is 17.9 Å². The van der Waals surface area contributed by atoms with Crippen molar-refractivity contribution in [3.63, 3.8) is 0 Å². The third-order valence-electron chi connectivity index (χ3n) is 6.04. The van der Waals surface area contributed by atoms with Gasteiger partial charge in [0.1, 0.15) is 5.69 Å². The van der Waals surface area contributed by atoms with Crippen molar-refractivity contribution in [1.82, 2.24) is 30.2 Å². The molecule has 0 saturated heterocycles. The minimum Gasteiger partial charge on any atom is -0.352 e. The lowest BCUT2D eigenvalue weighted by atomic mass is 9.97. The Hall–Kier alpha value is -4.15. The molecule has 0 aliphatic heterocycles. The maximum atomic E-state index is 12.2. The average Bonchev–Trinajstić information content (AvgIpc) is 3.79. The van der Waals surface area contributed by atoms with Gasteiger partial charge in [0, 0.05) is 32.0 Å². The number of aromatic nitrogens is 4. The molecule has 5 rings (SSSR count). The number of halogens is 5. The Labute approximate surface area is 239 Å². The number of nitrogens with zero attached hydrogens (tertiary/aromatic N) is 5. The lowest BCUT2D eigenvalue weighted by Crippen LogP contribution is -2.24. The molecule has 2 aliphatic carbocycles. The van der Waals surface area contributed by atoms with Gasteiger partial charge in [-0.3, -0.25) is 14.6 Å². The number of nitrogens with one attached hydrogen (secondary N) is 2. The smallest absolute Gasteiger partial charge is 0.352 e.